The van der Waals surface area contributed by atoms with Crippen molar-refractivity contribution in [2.45, 2.75) is 37.9 Å². The molecule has 0 amide bonds. The fourth-order valence-electron chi connectivity index (χ4n) is 1.18. The summed E-state index contributed by atoms with van der Waals surface area (Å²) in [6.07, 6.45) is 12.0. The molecule has 1 heterocycles. The summed E-state index contributed by atoms with van der Waals surface area (Å²) in [7, 11) is 0. The minimum Gasteiger partial charge on any atom is -0.127 e. The Balaban J connectivity index is 2.07. The Morgan fingerprint density at radius 2 is 2.18 bits per heavy atom. The maximum Gasteiger partial charge on any atom is 0.0271 e. The molecular formula is C10H16S. The van der Waals surface area contributed by atoms with Gasteiger partial charge in [0.2, 0.25) is 0 Å². The first-order valence-corrected chi connectivity index (χ1v) is 5.36. The molecule has 11 heavy (non-hydrogen) atoms. The van der Waals surface area contributed by atoms with Gasteiger partial charge in [0.15, 0.2) is 0 Å². The summed E-state index contributed by atoms with van der Waals surface area (Å²) in [5.41, 5.74) is 0. The van der Waals surface area contributed by atoms with Gasteiger partial charge >= 0.3 is 0 Å². The molecule has 0 saturated heterocycles. The molecule has 1 aliphatic rings. The second-order valence-corrected chi connectivity index (χ2v) is 4.03. The molecule has 0 radical (unpaired) electrons. The molecule has 1 aliphatic heterocycles. The van der Waals surface area contributed by atoms with Crippen LogP contribution in [0.5, 0.6) is 0 Å². The standard InChI is InChI=1S/C10H16S/c1-2-3-4-7-10-8-5-6-9-11-10/h5-6,8-10H,2-4,7H2,1H3. The SMILES string of the molecule is CCCCCC1C=CC=CS1. The van der Waals surface area contributed by atoms with Gasteiger partial charge in [0.05, 0.1) is 0 Å². The van der Waals surface area contributed by atoms with Crippen LogP contribution in [0.15, 0.2) is 23.6 Å². The highest BCUT2D eigenvalue weighted by Gasteiger charge is 2.03. The third kappa shape index (κ3) is 3.66. The first-order valence-electron chi connectivity index (χ1n) is 4.42. The Hall–Kier alpha value is -0.170. The highest BCUT2D eigenvalue weighted by Crippen LogP contribution is 2.23. The Morgan fingerprint density at radius 3 is 2.82 bits per heavy atom. The minimum atomic E-state index is 0.756. The van der Waals surface area contributed by atoms with Crippen LogP contribution in [0.4, 0.5) is 0 Å². The number of unbranched alkanes of at least 4 members (excludes halogenated alkanes) is 2. The zero-order chi connectivity index (χ0) is 7.94. The summed E-state index contributed by atoms with van der Waals surface area (Å²) in [5.74, 6) is 0. The molecule has 0 aromatic heterocycles. The Labute approximate surface area is 73.8 Å². The van der Waals surface area contributed by atoms with Crippen molar-refractivity contribution < 1.29 is 0 Å². The number of allylic oxidation sites excluding steroid dienone is 2. The van der Waals surface area contributed by atoms with Crippen molar-refractivity contribution in [3.8, 4) is 0 Å². The van der Waals surface area contributed by atoms with Crippen molar-refractivity contribution in [3.63, 3.8) is 0 Å². The number of rotatable bonds is 4. The van der Waals surface area contributed by atoms with Gasteiger partial charge in [-0.3, -0.25) is 0 Å². The van der Waals surface area contributed by atoms with E-state index in [1.807, 2.05) is 11.8 Å². The van der Waals surface area contributed by atoms with Crippen LogP contribution >= 0.6 is 11.8 Å². The molecular weight excluding hydrogens is 152 g/mol. The summed E-state index contributed by atoms with van der Waals surface area (Å²) in [4.78, 5) is 0. The molecule has 0 N–H and O–H groups in total. The van der Waals surface area contributed by atoms with Crippen molar-refractivity contribution >= 4 is 11.8 Å². The van der Waals surface area contributed by atoms with Crippen LogP contribution in [-0.4, -0.2) is 5.25 Å². The van der Waals surface area contributed by atoms with Crippen molar-refractivity contribution in [1.82, 2.24) is 0 Å². The maximum absolute atomic E-state index is 2.31. The fraction of sp³-hybridized carbons (Fsp3) is 0.600. The predicted molar refractivity (Wildman–Crippen MR) is 53.8 cm³/mol. The monoisotopic (exact) mass is 168 g/mol. The molecule has 62 valence electrons. The third-order valence-corrected chi connectivity index (χ3v) is 2.92. The summed E-state index contributed by atoms with van der Waals surface area (Å²) in [5, 5.41) is 2.95. The van der Waals surface area contributed by atoms with E-state index in [0.29, 0.717) is 0 Å². The molecule has 1 unspecified atom stereocenters. The van der Waals surface area contributed by atoms with Crippen LogP contribution in [-0.2, 0) is 0 Å². The van der Waals surface area contributed by atoms with Crippen molar-refractivity contribution in [3.05, 3.63) is 23.6 Å². The van der Waals surface area contributed by atoms with Crippen LogP contribution < -0.4 is 0 Å². The molecule has 0 aliphatic carbocycles. The lowest BCUT2D eigenvalue weighted by molar-refractivity contribution is 0.681. The minimum absolute atomic E-state index is 0.756. The second-order valence-electron chi connectivity index (χ2n) is 2.88. The smallest absolute Gasteiger partial charge is 0.0271 e. The molecule has 0 saturated carbocycles. The molecule has 0 nitrogen and oxygen atoms in total. The molecule has 1 rings (SSSR count). The topological polar surface area (TPSA) is 0 Å². The van der Waals surface area contributed by atoms with E-state index in [4.69, 9.17) is 0 Å². The van der Waals surface area contributed by atoms with Gasteiger partial charge in [0.25, 0.3) is 0 Å². The Bertz CT molecular complexity index is 147. The molecule has 0 fully saturated rings. The van der Waals surface area contributed by atoms with E-state index >= 15 is 0 Å². The first kappa shape index (κ1) is 8.92. The fourth-order valence-corrected chi connectivity index (χ4v) is 2.05. The first-order chi connectivity index (χ1) is 5.43. The normalized spacial score (nSPS) is 22.5. The second kappa shape index (κ2) is 5.48. The lowest BCUT2D eigenvalue weighted by Crippen LogP contribution is -1.97. The number of hydrogen-bond donors (Lipinski definition) is 0. The van der Waals surface area contributed by atoms with Gasteiger partial charge in [-0.1, -0.05) is 44.4 Å². The predicted octanol–water partition coefficient (Wildman–Crippen LogP) is 3.75. The summed E-state index contributed by atoms with van der Waals surface area (Å²) in [6.45, 7) is 2.25. The van der Waals surface area contributed by atoms with Crippen LogP contribution in [0, 0.1) is 0 Å². The van der Waals surface area contributed by atoms with Gasteiger partial charge in [-0.15, -0.1) is 11.8 Å². The molecule has 0 aromatic carbocycles. The quantitative estimate of drug-likeness (QED) is 0.576. The van der Waals surface area contributed by atoms with E-state index in [9.17, 15) is 0 Å². The van der Waals surface area contributed by atoms with Crippen LogP contribution in [0.3, 0.4) is 0 Å². The van der Waals surface area contributed by atoms with Gasteiger partial charge in [-0.2, -0.15) is 0 Å². The summed E-state index contributed by atoms with van der Waals surface area (Å²) < 4.78 is 0. The van der Waals surface area contributed by atoms with E-state index in [1.54, 1.807) is 0 Å². The molecule has 0 bridgehead atoms. The zero-order valence-corrected chi connectivity index (χ0v) is 7.94. The Kier molecular flexibility index (Phi) is 4.44. The largest absolute Gasteiger partial charge is 0.127 e. The lowest BCUT2D eigenvalue weighted by atomic mass is 10.1. The average molecular weight is 168 g/mol. The molecule has 1 heteroatoms. The van der Waals surface area contributed by atoms with E-state index in [0.717, 1.165) is 5.25 Å². The summed E-state index contributed by atoms with van der Waals surface area (Å²) in [6, 6.07) is 0. The van der Waals surface area contributed by atoms with Gasteiger partial charge < -0.3 is 0 Å². The van der Waals surface area contributed by atoms with E-state index in [1.165, 1.54) is 25.7 Å². The average Bonchev–Trinajstić information content (AvgIpc) is 2.07. The van der Waals surface area contributed by atoms with Crippen LogP contribution in [0.1, 0.15) is 32.6 Å². The van der Waals surface area contributed by atoms with E-state index < -0.39 is 0 Å². The number of thioether (sulfide) groups is 1. The van der Waals surface area contributed by atoms with Gasteiger partial charge in [-0.05, 0) is 11.8 Å². The van der Waals surface area contributed by atoms with Crippen LogP contribution in [0.2, 0.25) is 0 Å². The van der Waals surface area contributed by atoms with Crippen LogP contribution in [0.25, 0.3) is 0 Å². The van der Waals surface area contributed by atoms with Crippen molar-refractivity contribution in [2.75, 3.05) is 0 Å². The van der Waals surface area contributed by atoms with Crippen molar-refractivity contribution in [2.24, 2.45) is 0 Å². The van der Waals surface area contributed by atoms with Gasteiger partial charge in [-0.25, -0.2) is 0 Å². The zero-order valence-electron chi connectivity index (χ0n) is 7.12. The molecule has 0 spiro atoms. The van der Waals surface area contributed by atoms with Gasteiger partial charge in [0, 0.05) is 5.25 Å². The van der Waals surface area contributed by atoms with E-state index in [-0.39, 0.29) is 0 Å². The lowest BCUT2D eigenvalue weighted by Gasteiger charge is -2.10. The maximum atomic E-state index is 2.31. The highest BCUT2D eigenvalue weighted by molar-refractivity contribution is 8.02. The Morgan fingerprint density at radius 1 is 1.27 bits per heavy atom. The van der Waals surface area contributed by atoms with Gasteiger partial charge in [0.1, 0.15) is 0 Å². The summed E-state index contributed by atoms with van der Waals surface area (Å²) >= 11 is 1.95. The highest BCUT2D eigenvalue weighted by atomic mass is 32.2. The number of hydrogen-bond acceptors (Lipinski definition) is 1. The van der Waals surface area contributed by atoms with E-state index in [2.05, 4.69) is 30.6 Å². The third-order valence-electron chi connectivity index (χ3n) is 1.86. The van der Waals surface area contributed by atoms with Crippen molar-refractivity contribution in [1.29, 1.82) is 0 Å². The molecule has 1 atom stereocenters. The molecule has 0 aromatic rings.